The maximum Gasteiger partial charge on any atom is 0.191 e. The second-order valence-corrected chi connectivity index (χ2v) is 10.1. The molecule has 0 amide bonds. The molecule has 0 radical (unpaired) electrons. The van der Waals surface area contributed by atoms with Gasteiger partial charge in [-0.25, -0.2) is 9.97 Å². The minimum absolute atomic E-state index is 0.231. The maximum atomic E-state index is 9.86. The van der Waals surface area contributed by atoms with Gasteiger partial charge in [0.15, 0.2) is 16.8 Å². The highest BCUT2D eigenvalue weighted by atomic mass is 35.5. The van der Waals surface area contributed by atoms with Crippen molar-refractivity contribution in [3.8, 4) is 0 Å². The molecule has 3 unspecified atom stereocenters. The van der Waals surface area contributed by atoms with Gasteiger partial charge in [0.2, 0.25) is 0 Å². The number of rotatable bonds is 6. The van der Waals surface area contributed by atoms with Crippen molar-refractivity contribution < 1.29 is 10.2 Å². The number of thiophene rings is 1. The van der Waals surface area contributed by atoms with Crippen molar-refractivity contribution in [2.45, 2.75) is 68.4 Å². The molecule has 2 heterocycles. The summed E-state index contributed by atoms with van der Waals surface area (Å²) >= 11 is 8.98. The highest BCUT2D eigenvalue weighted by Crippen LogP contribution is 2.44. The average Bonchev–Trinajstić information content (AvgIpc) is 3.39. The lowest BCUT2D eigenvalue weighted by atomic mass is 10.2. The first kappa shape index (κ1) is 22.4. The molecule has 29 heavy (non-hydrogen) atoms. The molecular formula is C19H28ClN5O2S2. The van der Waals surface area contributed by atoms with E-state index in [-0.39, 0.29) is 17.5 Å². The molecule has 2 aliphatic carbocycles. The van der Waals surface area contributed by atoms with E-state index < -0.39 is 12.2 Å². The molecule has 7 nitrogen and oxygen atoms in total. The van der Waals surface area contributed by atoms with Crippen LogP contribution in [0.25, 0.3) is 0 Å². The first-order valence-corrected chi connectivity index (χ1v) is 12.0. The molecule has 7 N–H and O–H groups in total. The third-order valence-electron chi connectivity index (χ3n) is 4.87. The largest absolute Gasteiger partial charge is 0.393 e. The minimum atomic E-state index is -0.822. The van der Waals surface area contributed by atoms with Crippen LogP contribution in [0.15, 0.2) is 17.3 Å². The monoisotopic (exact) mass is 457 g/mol. The van der Waals surface area contributed by atoms with Crippen molar-refractivity contribution in [3.05, 3.63) is 21.3 Å². The van der Waals surface area contributed by atoms with Crippen LogP contribution < -0.4 is 16.8 Å². The number of hydrogen-bond donors (Lipinski definition) is 5. The summed E-state index contributed by atoms with van der Waals surface area (Å²) < 4.78 is 0.928. The lowest BCUT2D eigenvalue weighted by Crippen LogP contribution is -2.34. The van der Waals surface area contributed by atoms with E-state index in [0.29, 0.717) is 23.8 Å². The molecule has 2 aromatic heterocycles. The number of nitrogens with zero attached hydrogens (tertiary/aromatic N) is 2. The number of nitrogens with one attached hydrogen (secondary N) is 1. The van der Waals surface area contributed by atoms with Crippen molar-refractivity contribution in [2.24, 2.45) is 0 Å². The van der Waals surface area contributed by atoms with Crippen LogP contribution in [0.4, 0.5) is 17.3 Å². The summed E-state index contributed by atoms with van der Waals surface area (Å²) in [5, 5.41) is 23.0. The molecule has 0 bridgehead atoms. The first-order chi connectivity index (χ1) is 13.9. The van der Waals surface area contributed by atoms with Gasteiger partial charge in [-0.1, -0.05) is 30.3 Å². The third-order valence-corrected chi connectivity index (χ3v) is 7.31. The fourth-order valence-electron chi connectivity index (χ4n) is 3.04. The third kappa shape index (κ3) is 6.11. The molecule has 0 aromatic carbocycles. The Morgan fingerprint density at radius 3 is 2.52 bits per heavy atom. The van der Waals surface area contributed by atoms with Gasteiger partial charge in [-0.2, -0.15) is 0 Å². The average molecular weight is 458 g/mol. The Labute approximate surface area is 184 Å². The summed E-state index contributed by atoms with van der Waals surface area (Å²) in [6, 6.07) is 3.86. The predicted octanol–water partition coefficient (Wildman–Crippen LogP) is 3.72. The molecule has 4 rings (SSSR count). The zero-order valence-electron chi connectivity index (χ0n) is 16.3. The van der Waals surface area contributed by atoms with Gasteiger partial charge in [-0.15, -0.1) is 11.3 Å². The standard InChI is InChI=1S/C12H21N5O2S.C7H7ClS/c1-2-5-20-12-16-10(14)8(13)11(17-12)15-6-3-4-7(18)9(6)19;8-7-4-3-6(9-7)5-1-2-5/h6-7,9,18-19H,2-5,13H2,1H3,(H3,14,15,16,17);3-5H,1-2H2. The molecule has 3 atom stereocenters. The van der Waals surface area contributed by atoms with E-state index in [1.54, 1.807) is 11.3 Å². The zero-order chi connectivity index (χ0) is 21.0. The number of aliphatic hydroxyl groups is 2. The Balaban J connectivity index is 0.000000220. The van der Waals surface area contributed by atoms with Crippen molar-refractivity contribution in [2.75, 3.05) is 22.5 Å². The van der Waals surface area contributed by atoms with Crippen LogP contribution in [-0.4, -0.2) is 44.2 Å². The number of aliphatic hydroxyl groups excluding tert-OH is 2. The Kier molecular flexibility index (Phi) is 7.86. The molecule has 2 aromatic rings. The number of anilines is 3. The van der Waals surface area contributed by atoms with Crippen molar-refractivity contribution in [3.63, 3.8) is 0 Å². The van der Waals surface area contributed by atoms with Crippen molar-refractivity contribution in [1.82, 2.24) is 9.97 Å². The Morgan fingerprint density at radius 1 is 1.21 bits per heavy atom. The second-order valence-electron chi connectivity index (χ2n) is 7.30. The highest BCUT2D eigenvalue weighted by molar-refractivity contribution is 7.99. The molecule has 2 fully saturated rings. The molecule has 160 valence electrons. The van der Waals surface area contributed by atoms with Crippen LogP contribution >= 0.6 is 34.7 Å². The summed E-state index contributed by atoms with van der Waals surface area (Å²) in [5.74, 6) is 2.42. The fourth-order valence-corrected chi connectivity index (χ4v) is 4.98. The SMILES string of the molecule is CCCSc1nc(N)c(N)c(NC2CCC(O)C2O)n1.Clc1ccc(C2CC2)s1. The van der Waals surface area contributed by atoms with Gasteiger partial charge in [-0.3, -0.25) is 0 Å². The minimum Gasteiger partial charge on any atom is -0.393 e. The number of halogens is 1. The lowest BCUT2D eigenvalue weighted by Gasteiger charge is -2.20. The van der Waals surface area contributed by atoms with Gasteiger partial charge >= 0.3 is 0 Å². The van der Waals surface area contributed by atoms with Crippen LogP contribution in [0, 0.1) is 0 Å². The van der Waals surface area contributed by atoms with Crippen LogP contribution in [0.5, 0.6) is 0 Å². The van der Waals surface area contributed by atoms with Gasteiger partial charge in [0.1, 0.15) is 5.69 Å². The van der Waals surface area contributed by atoms with Crippen LogP contribution in [0.1, 0.15) is 49.8 Å². The fraction of sp³-hybridized carbons (Fsp3) is 0.579. The number of thioether (sulfide) groups is 1. The summed E-state index contributed by atoms with van der Waals surface area (Å²) in [6.07, 6.45) is 3.43. The van der Waals surface area contributed by atoms with Crippen molar-refractivity contribution >= 4 is 52.0 Å². The number of nitrogens with two attached hydrogens (primary N) is 2. The molecule has 2 saturated carbocycles. The van der Waals surface area contributed by atoms with E-state index in [4.69, 9.17) is 23.1 Å². The smallest absolute Gasteiger partial charge is 0.191 e. The summed E-state index contributed by atoms with van der Waals surface area (Å²) in [4.78, 5) is 9.94. The molecule has 0 aliphatic heterocycles. The summed E-state index contributed by atoms with van der Waals surface area (Å²) in [5.41, 5.74) is 11.9. The predicted molar refractivity (Wildman–Crippen MR) is 122 cm³/mol. The van der Waals surface area contributed by atoms with Gasteiger partial charge in [0.25, 0.3) is 0 Å². The van der Waals surface area contributed by atoms with Gasteiger partial charge in [-0.05, 0) is 50.2 Å². The quantitative estimate of drug-likeness (QED) is 0.327. The first-order valence-electron chi connectivity index (χ1n) is 9.82. The Hall–Kier alpha value is -1.26. The van der Waals surface area contributed by atoms with Crippen LogP contribution in [-0.2, 0) is 0 Å². The second kappa shape index (κ2) is 10.2. The van der Waals surface area contributed by atoms with Gasteiger partial charge < -0.3 is 27.0 Å². The van der Waals surface area contributed by atoms with Crippen LogP contribution in [0.2, 0.25) is 4.34 Å². The van der Waals surface area contributed by atoms with E-state index in [0.717, 1.165) is 22.4 Å². The van der Waals surface area contributed by atoms with E-state index in [1.165, 1.54) is 29.5 Å². The Bertz CT molecular complexity index is 818. The van der Waals surface area contributed by atoms with E-state index >= 15 is 0 Å². The maximum absolute atomic E-state index is 9.86. The molecule has 0 spiro atoms. The van der Waals surface area contributed by atoms with E-state index in [9.17, 15) is 10.2 Å². The normalized spacial score (nSPS) is 23.5. The zero-order valence-corrected chi connectivity index (χ0v) is 18.7. The van der Waals surface area contributed by atoms with Crippen molar-refractivity contribution in [1.29, 1.82) is 0 Å². The van der Waals surface area contributed by atoms with Gasteiger partial charge in [0, 0.05) is 10.6 Å². The number of hydrogen-bond acceptors (Lipinski definition) is 9. The lowest BCUT2D eigenvalue weighted by molar-refractivity contribution is 0.0391. The topological polar surface area (TPSA) is 130 Å². The summed E-state index contributed by atoms with van der Waals surface area (Å²) in [7, 11) is 0. The number of nitrogen functional groups attached to an aromatic ring is 2. The number of aromatic nitrogens is 2. The molecule has 10 heteroatoms. The van der Waals surface area contributed by atoms with Gasteiger partial charge in [0.05, 0.1) is 22.6 Å². The van der Waals surface area contributed by atoms with E-state index in [1.807, 2.05) is 6.07 Å². The Morgan fingerprint density at radius 2 is 1.97 bits per heavy atom. The van der Waals surface area contributed by atoms with E-state index in [2.05, 4.69) is 28.3 Å². The molecule has 0 saturated heterocycles. The molecule has 2 aliphatic rings. The highest BCUT2D eigenvalue weighted by Gasteiger charge is 2.34. The summed E-state index contributed by atoms with van der Waals surface area (Å²) in [6.45, 7) is 2.07. The van der Waals surface area contributed by atoms with Crippen LogP contribution in [0.3, 0.4) is 0 Å². The molecular weight excluding hydrogens is 430 g/mol.